The van der Waals surface area contributed by atoms with Crippen LogP contribution in [-0.4, -0.2) is 4.98 Å². The largest absolute Gasteiger partial charge is 0.354 e. The van der Waals surface area contributed by atoms with Gasteiger partial charge in [0.15, 0.2) is 0 Å². The molecule has 2 heteroatoms. The van der Waals surface area contributed by atoms with E-state index in [2.05, 4.69) is 149 Å². The number of anilines is 3. The Morgan fingerprint density at radius 1 is 0.462 bits per heavy atom. The lowest BCUT2D eigenvalue weighted by atomic mass is 9.64. The van der Waals surface area contributed by atoms with Gasteiger partial charge in [-0.2, -0.15) is 0 Å². The van der Waals surface area contributed by atoms with Crippen LogP contribution in [0, 0.1) is 0 Å². The van der Waals surface area contributed by atoms with Crippen molar-refractivity contribution in [3.63, 3.8) is 0 Å². The number of para-hydroxylation sites is 3. The Labute approximate surface area is 226 Å². The highest BCUT2D eigenvalue weighted by Crippen LogP contribution is 2.64. The summed E-state index contributed by atoms with van der Waals surface area (Å²) in [6.07, 6.45) is 0. The first-order valence-electron chi connectivity index (χ1n) is 13.6. The highest BCUT2D eigenvalue weighted by molar-refractivity contribution is 6.17. The first-order chi connectivity index (χ1) is 19.4. The second-order valence-corrected chi connectivity index (χ2v) is 10.6. The van der Waals surface area contributed by atoms with Crippen LogP contribution in [0.5, 0.6) is 0 Å². The van der Waals surface area contributed by atoms with Gasteiger partial charge in [0.25, 0.3) is 0 Å². The summed E-state index contributed by atoms with van der Waals surface area (Å²) in [5, 5.41) is 2.52. The maximum Gasteiger partial charge on any atom is 0.0754 e. The van der Waals surface area contributed by atoms with Crippen LogP contribution in [0.25, 0.3) is 32.9 Å². The summed E-state index contributed by atoms with van der Waals surface area (Å²) >= 11 is 0. The molecule has 0 radical (unpaired) electrons. The van der Waals surface area contributed by atoms with Crippen molar-refractivity contribution in [2.24, 2.45) is 0 Å². The summed E-state index contributed by atoms with van der Waals surface area (Å²) in [4.78, 5) is 6.20. The van der Waals surface area contributed by atoms with Crippen molar-refractivity contribution in [1.29, 1.82) is 0 Å². The maximum atomic E-state index is 3.71. The summed E-state index contributed by atoms with van der Waals surface area (Å²) in [5.74, 6) is 0. The molecule has 0 fully saturated rings. The molecule has 182 valence electrons. The number of hydrogen-bond acceptors (Lipinski definition) is 1. The highest BCUT2D eigenvalue weighted by atomic mass is 15.2. The zero-order chi connectivity index (χ0) is 25.6. The van der Waals surface area contributed by atoms with Crippen molar-refractivity contribution in [2.45, 2.75) is 5.41 Å². The number of aromatic amines is 1. The summed E-state index contributed by atoms with van der Waals surface area (Å²) in [6, 6.07) is 51.2. The molecule has 0 bridgehead atoms. The SMILES string of the molecule is c1ccc(N2c3ccccc3C3(c4ccccc4-c4ccccc43)c3ccc4[nH]c5ccccc5c4c32)cc1. The zero-order valence-electron chi connectivity index (χ0n) is 21.2. The molecule has 0 saturated carbocycles. The fraction of sp³-hybridized carbons (Fsp3) is 0.0270. The fourth-order valence-corrected chi connectivity index (χ4v) is 7.37. The molecular weight excluding hydrogens is 472 g/mol. The number of benzene rings is 6. The van der Waals surface area contributed by atoms with Gasteiger partial charge in [0.05, 0.1) is 16.8 Å². The lowest BCUT2D eigenvalue weighted by molar-refractivity contribution is 0.755. The number of hydrogen-bond donors (Lipinski definition) is 1. The average molecular weight is 497 g/mol. The second kappa shape index (κ2) is 7.49. The van der Waals surface area contributed by atoms with Gasteiger partial charge < -0.3 is 9.88 Å². The van der Waals surface area contributed by atoms with Crippen LogP contribution in [0.3, 0.4) is 0 Å². The maximum absolute atomic E-state index is 3.71. The Bertz CT molecular complexity index is 2040. The number of H-pyrrole nitrogens is 1. The number of rotatable bonds is 1. The van der Waals surface area contributed by atoms with E-state index < -0.39 is 5.41 Å². The van der Waals surface area contributed by atoms with Crippen LogP contribution >= 0.6 is 0 Å². The Hall–Kier alpha value is -5.08. The molecule has 0 atom stereocenters. The highest BCUT2D eigenvalue weighted by Gasteiger charge is 2.52. The monoisotopic (exact) mass is 496 g/mol. The molecule has 1 aromatic heterocycles. The average Bonchev–Trinajstić information content (AvgIpc) is 3.53. The van der Waals surface area contributed by atoms with Crippen LogP contribution in [0.4, 0.5) is 17.1 Å². The van der Waals surface area contributed by atoms with Gasteiger partial charge >= 0.3 is 0 Å². The van der Waals surface area contributed by atoms with Crippen molar-refractivity contribution in [3.8, 4) is 11.1 Å². The van der Waals surface area contributed by atoms with E-state index in [9.17, 15) is 0 Å². The topological polar surface area (TPSA) is 19.0 Å². The normalized spacial score (nSPS) is 14.3. The van der Waals surface area contributed by atoms with E-state index in [-0.39, 0.29) is 0 Å². The summed E-state index contributed by atoms with van der Waals surface area (Å²) in [5.41, 5.74) is 13.5. The molecule has 1 aliphatic heterocycles. The Morgan fingerprint density at radius 2 is 1.08 bits per heavy atom. The van der Waals surface area contributed by atoms with Crippen molar-refractivity contribution in [3.05, 3.63) is 162 Å². The quantitative estimate of drug-likeness (QED) is 0.240. The van der Waals surface area contributed by atoms with Gasteiger partial charge in [-0.25, -0.2) is 0 Å². The van der Waals surface area contributed by atoms with Gasteiger partial charge in [-0.1, -0.05) is 109 Å². The molecule has 1 N–H and O–H groups in total. The number of aromatic nitrogens is 1. The molecule has 39 heavy (non-hydrogen) atoms. The van der Waals surface area contributed by atoms with E-state index in [4.69, 9.17) is 0 Å². The van der Waals surface area contributed by atoms with Gasteiger partial charge in [0, 0.05) is 27.5 Å². The van der Waals surface area contributed by atoms with Crippen molar-refractivity contribution < 1.29 is 0 Å². The smallest absolute Gasteiger partial charge is 0.0754 e. The molecule has 6 aromatic carbocycles. The van der Waals surface area contributed by atoms with Gasteiger partial charge in [-0.05, 0) is 63.7 Å². The van der Waals surface area contributed by atoms with E-state index in [0.29, 0.717) is 0 Å². The van der Waals surface area contributed by atoms with Crippen molar-refractivity contribution >= 4 is 38.9 Å². The number of fused-ring (bicyclic) bond motifs is 13. The molecular formula is C37H24N2. The molecule has 9 rings (SSSR count). The lowest BCUT2D eigenvalue weighted by Crippen LogP contribution is -2.36. The van der Waals surface area contributed by atoms with Crippen LogP contribution in [-0.2, 0) is 5.41 Å². The summed E-state index contributed by atoms with van der Waals surface area (Å²) < 4.78 is 0. The van der Waals surface area contributed by atoms with E-state index >= 15 is 0 Å². The minimum Gasteiger partial charge on any atom is -0.354 e. The van der Waals surface area contributed by atoms with E-state index in [1.54, 1.807) is 0 Å². The Kier molecular flexibility index (Phi) is 4.02. The predicted octanol–water partition coefficient (Wildman–Crippen LogP) is 9.47. The van der Waals surface area contributed by atoms with Crippen molar-refractivity contribution in [1.82, 2.24) is 4.98 Å². The molecule has 1 spiro atoms. The number of nitrogens with one attached hydrogen (secondary N) is 1. The first-order valence-corrected chi connectivity index (χ1v) is 13.6. The summed E-state index contributed by atoms with van der Waals surface area (Å²) in [7, 11) is 0. The minimum absolute atomic E-state index is 0.420. The van der Waals surface area contributed by atoms with Gasteiger partial charge in [-0.3, -0.25) is 0 Å². The number of nitrogens with zero attached hydrogens (tertiary/aromatic N) is 1. The van der Waals surface area contributed by atoms with Gasteiger partial charge in [0.2, 0.25) is 0 Å². The van der Waals surface area contributed by atoms with Crippen LogP contribution in [0.2, 0.25) is 0 Å². The molecule has 1 aliphatic carbocycles. The third kappa shape index (κ3) is 2.51. The Morgan fingerprint density at radius 3 is 1.85 bits per heavy atom. The fourth-order valence-electron chi connectivity index (χ4n) is 7.37. The molecule has 2 aliphatic rings. The summed E-state index contributed by atoms with van der Waals surface area (Å²) in [6.45, 7) is 0. The molecule has 0 amide bonds. The van der Waals surface area contributed by atoms with E-state index in [0.717, 1.165) is 11.0 Å². The second-order valence-electron chi connectivity index (χ2n) is 10.6. The molecule has 0 unspecified atom stereocenters. The molecule has 2 nitrogen and oxygen atoms in total. The van der Waals surface area contributed by atoms with Gasteiger partial charge in [-0.15, -0.1) is 0 Å². The van der Waals surface area contributed by atoms with Crippen LogP contribution in [0.15, 0.2) is 140 Å². The minimum atomic E-state index is -0.420. The lowest BCUT2D eigenvalue weighted by Gasteiger charge is -2.45. The van der Waals surface area contributed by atoms with E-state index in [1.807, 2.05) is 0 Å². The van der Waals surface area contributed by atoms with Crippen LogP contribution < -0.4 is 4.90 Å². The predicted molar refractivity (Wildman–Crippen MR) is 161 cm³/mol. The van der Waals surface area contributed by atoms with Gasteiger partial charge in [0.1, 0.15) is 0 Å². The van der Waals surface area contributed by atoms with Crippen molar-refractivity contribution in [2.75, 3.05) is 4.90 Å². The third-order valence-corrected chi connectivity index (χ3v) is 8.79. The first kappa shape index (κ1) is 20.9. The Balaban J connectivity index is 1.55. The third-order valence-electron chi connectivity index (χ3n) is 8.79. The standard InChI is InChI=1S/C37H24N2/c1-2-12-24(13-3-1)39-34-21-11-9-19-30(34)37(28-17-7-4-14-25(28)26-15-5-8-18-29(26)37)31-22-23-33-35(36(31)39)27-16-6-10-20-32(27)38-33/h1-23,38H. The molecule has 7 aromatic rings. The zero-order valence-corrected chi connectivity index (χ0v) is 21.2. The molecule has 2 heterocycles. The molecule has 0 saturated heterocycles. The van der Waals surface area contributed by atoms with E-state index in [1.165, 1.54) is 61.2 Å². The van der Waals surface area contributed by atoms with Crippen LogP contribution in [0.1, 0.15) is 22.3 Å².